The molecule has 21 heavy (non-hydrogen) atoms. The second-order valence-electron chi connectivity index (χ2n) is 4.52. The molecule has 3 rings (SSSR count). The fourth-order valence-corrected chi connectivity index (χ4v) is 2.41. The van der Waals surface area contributed by atoms with E-state index in [4.69, 9.17) is 12.2 Å². The lowest BCUT2D eigenvalue weighted by molar-refractivity contribution is 0.253. The zero-order valence-electron chi connectivity index (χ0n) is 11.0. The fourth-order valence-electron chi connectivity index (χ4n) is 2.11. The van der Waals surface area contributed by atoms with Crippen LogP contribution < -0.4 is 10.2 Å². The van der Waals surface area contributed by atoms with Crippen LogP contribution in [0.1, 0.15) is 5.56 Å². The van der Waals surface area contributed by atoms with E-state index in [0.29, 0.717) is 21.9 Å². The van der Waals surface area contributed by atoms with Crippen LogP contribution in [-0.2, 0) is 0 Å². The molecule has 1 saturated heterocycles. The molecule has 0 spiro atoms. The Kier molecular flexibility index (Phi) is 3.41. The van der Waals surface area contributed by atoms with Gasteiger partial charge in [-0.05, 0) is 24.3 Å². The van der Waals surface area contributed by atoms with Gasteiger partial charge >= 0.3 is 6.03 Å². The first-order valence-electron chi connectivity index (χ1n) is 6.37. The predicted molar refractivity (Wildman–Crippen MR) is 86.1 cm³/mol. The SMILES string of the molecule is O=C1N/C(=C\c2ccccc2O)C(=S)N1c1ccccc1. The van der Waals surface area contributed by atoms with E-state index in [2.05, 4.69) is 5.32 Å². The molecule has 0 aromatic heterocycles. The van der Waals surface area contributed by atoms with Crippen LogP contribution in [0.5, 0.6) is 5.75 Å². The van der Waals surface area contributed by atoms with Crippen molar-refractivity contribution in [3.8, 4) is 5.75 Å². The van der Waals surface area contributed by atoms with Crippen LogP contribution >= 0.6 is 12.2 Å². The number of nitrogens with zero attached hydrogens (tertiary/aromatic N) is 1. The summed E-state index contributed by atoms with van der Waals surface area (Å²) < 4.78 is 0. The average Bonchev–Trinajstić information content (AvgIpc) is 2.77. The van der Waals surface area contributed by atoms with Crippen molar-refractivity contribution in [2.24, 2.45) is 0 Å². The fraction of sp³-hybridized carbons (Fsp3) is 0. The van der Waals surface area contributed by atoms with Crippen molar-refractivity contribution in [3.63, 3.8) is 0 Å². The van der Waals surface area contributed by atoms with E-state index < -0.39 is 0 Å². The van der Waals surface area contributed by atoms with Crippen molar-refractivity contribution in [1.29, 1.82) is 0 Å². The number of hydrogen-bond acceptors (Lipinski definition) is 3. The molecule has 2 N–H and O–H groups in total. The molecule has 2 amide bonds. The van der Waals surface area contributed by atoms with Crippen LogP contribution in [0.2, 0.25) is 0 Å². The highest BCUT2D eigenvalue weighted by atomic mass is 32.1. The van der Waals surface area contributed by atoms with Gasteiger partial charge in [0.2, 0.25) is 0 Å². The molecule has 0 radical (unpaired) electrons. The standard InChI is InChI=1S/C16H12N2O2S/c19-14-9-5-4-6-11(14)10-13-15(21)18(16(20)17-13)12-7-2-1-3-8-12/h1-10,19H,(H,17,20)/b13-10-. The van der Waals surface area contributed by atoms with E-state index in [9.17, 15) is 9.90 Å². The third kappa shape index (κ3) is 2.51. The molecule has 4 nitrogen and oxygen atoms in total. The van der Waals surface area contributed by atoms with Crippen LogP contribution in [0, 0.1) is 0 Å². The number of phenolic OH excluding ortho intramolecular Hbond substituents is 1. The number of rotatable bonds is 2. The molecule has 0 aliphatic carbocycles. The lowest BCUT2D eigenvalue weighted by Gasteiger charge is -2.13. The Morgan fingerprint density at radius 3 is 2.43 bits per heavy atom. The van der Waals surface area contributed by atoms with Gasteiger partial charge < -0.3 is 10.4 Å². The summed E-state index contributed by atoms with van der Waals surface area (Å²) in [5.41, 5.74) is 1.81. The molecule has 104 valence electrons. The Labute approximate surface area is 127 Å². The molecule has 1 fully saturated rings. The Bertz CT molecular complexity index is 741. The zero-order chi connectivity index (χ0) is 14.8. The van der Waals surface area contributed by atoms with Crippen molar-refractivity contribution in [2.45, 2.75) is 0 Å². The van der Waals surface area contributed by atoms with Gasteiger partial charge in [-0.25, -0.2) is 4.79 Å². The lowest BCUT2D eigenvalue weighted by atomic mass is 10.1. The largest absolute Gasteiger partial charge is 0.507 e. The first-order chi connectivity index (χ1) is 10.2. The zero-order valence-corrected chi connectivity index (χ0v) is 11.8. The van der Waals surface area contributed by atoms with Crippen LogP contribution in [-0.4, -0.2) is 16.1 Å². The van der Waals surface area contributed by atoms with E-state index >= 15 is 0 Å². The minimum atomic E-state index is -0.298. The van der Waals surface area contributed by atoms with E-state index in [1.54, 1.807) is 30.3 Å². The Hall–Kier alpha value is -2.66. The molecule has 0 unspecified atom stereocenters. The number of urea groups is 1. The van der Waals surface area contributed by atoms with Gasteiger partial charge in [-0.2, -0.15) is 0 Å². The second kappa shape index (κ2) is 5.38. The summed E-state index contributed by atoms with van der Waals surface area (Å²) in [6.07, 6.45) is 1.67. The van der Waals surface area contributed by atoms with Crippen LogP contribution in [0.3, 0.4) is 0 Å². The van der Waals surface area contributed by atoms with Gasteiger partial charge in [-0.3, -0.25) is 4.90 Å². The normalized spacial score (nSPS) is 16.4. The van der Waals surface area contributed by atoms with Crippen LogP contribution in [0.4, 0.5) is 10.5 Å². The molecule has 1 aliphatic rings. The number of para-hydroxylation sites is 2. The average molecular weight is 296 g/mol. The Morgan fingerprint density at radius 1 is 1.05 bits per heavy atom. The molecule has 2 aromatic carbocycles. The molecule has 0 bridgehead atoms. The van der Waals surface area contributed by atoms with Gasteiger partial charge in [-0.15, -0.1) is 0 Å². The number of aromatic hydroxyl groups is 1. The molecular weight excluding hydrogens is 284 g/mol. The van der Waals surface area contributed by atoms with Crippen molar-refractivity contribution < 1.29 is 9.90 Å². The highest BCUT2D eigenvalue weighted by Gasteiger charge is 2.31. The number of benzene rings is 2. The van der Waals surface area contributed by atoms with Crippen molar-refractivity contribution in [1.82, 2.24) is 5.32 Å². The van der Waals surface area contributed by atoms with Crippen molar-refractivity contribution in [3.05, 3.63) is 65.9 Å². The number of hydrogen-bond donors (Lipinski definition) is 2. The molecule has 5 heteroatoms. The first-order valence-corrected chi connectivity index (χ1v) is 6.78. The quantitative estimate of drug-likeness (QED) is 0.660. The summed E-state index contributed by atoms with van der Waals surface area (Å²) in [4.78, 5) is 13.9. The smallest absolute Gasteiger partial charge is 0.331 e. The molecule has 0 atom stereocenters. The minimum Gasteiger partial charge on any atom is -0.507 e. The van der Waals surface area contributed by atoms with E-state index in [0.717, 1.165) is 0 Å². The van der Waals surface area contributed by atoms with Gasteiger partial charge in [0.25, 0.3) is 0 Å². The van der Waals surface area contributed by atoms with Crippen molar-refractivity contribution >= 4 is 35.0 Å². The first kappa shape index (κ1) is 13.3. The third-order valence-corrected chi connectivity index (χ3v) is 3.53. The Balaban J connectivity index is 1.96. The number of anilines is 1. The summed E-state index contributed by atoms with van der Waals surface area (Å²) in [7, 11) is 0. The number of carbonyl (C=O) groups is 1. The summed E-state index contributed by atoms with van der Waals surface area (Å²) in [5, 5.41) is 12.5. The summed E-state index contributed by atoms with van der Waals surface area (Å²) in [6.45, 7) is 0. The maximum atomic E-state index is 12.1. The number of nitrogens with one attached hydrogen (secondary N) is 1. The predicted octanol–water partition coefficient (Wildman–Crippen LogP) is 3.29. The van der Waals surface area contributed by atoms with E-state index in [-0.39, 0.29) is 11.8 Å². The molecular formula is C16H12N2O2S. The lowest BCUT2D eigenvalue weighted by Crippen LogP contribution is -2.29. The topological polar surface area (TPSA) is 52.6 Å². The number of thiocarbonyl (C=S) groups is 1. The Morgan fingerprint density at radius 2 is 1.71 bits per heavy atom. The van der Waals surface area contributed by atoms with Crippen molar-refractivity contribution in [2.75, 3.05) is 4.90 Å². The van der Waals surface area contributed by atoms with E-state index in [1.165, 1.54) is 4.90 Å². The highest BCUT2D eigenvalue weighted by molar-refractivity contribution is 7.81. The minimum absolute atomic E-state index is 0.139. The maximum Gasteiger partial charge on any atom is 0.331 e. The molecule has 0 saturated carbocycles. The summed E-state index contributed by atoms with van der Waals surface area (Å²) in [6, 6.07) is 15.8. The van der Waals surface area contributed by atoms with E-state index in [1.807, 2.05) is 30.3 Å². The van der Waals surface area contributed by atoms with Crippen LogP contribution in [0.25, 0.3) is 6.08 Å². The summed E-state index contributed by atoms with van der Waals surface area (Å²) >= 11 is 5.36. The monoisotopic (exact) mass is 296 g/mol. The van der Waals surface area contributed by atoms with Gasteiger partial charge in [0.05, 0.1) is 11.4 Å². The van der Waals surface area contributed by atoms with Crippen LogP contribution in [0.15, 0.2) is 60.3 Å². The second-order valence-corrected chi connectivity index (χ2v) is 4.91. The van der Waals surface area contributed by atoms with Gasteiger partial charge in [-0.1, -0.05) is 48.6 Å². The molecule has 1 aliphatic heterocycles. The highest BCUT2D eigenvalue weighted by Crippen LogP contribution is 2.25. The molecule has 1 heterocycles. The van der Waals surface area contributed by atoms with Gasteiger partial charge in [0, 0.05) is 5.56 Å². The number of amides is 2. The molecule has 2 aromatic rings. The number of carbonyl (C=O) groups excluding carboxylic acids is 1. The summed E-state index contributed by atoms with van der Waals surface area (Å²) in [5.74, 6) is 0.139. The maximum absolute atomic E-state index is 12.1. The number of phenols is 1. The van der Waals surface area contributed by atoms with Gasteiger partial charge in [0.15, 0.2) is 0 Å². The van der Waals surface area contributed by atoms with Gasteiger partial charge in [0.1, 0.15) is 10.7 Å². The third-order valence-electron chi connectivity index (χ3n) is 3.13.